The number of hydrogen-bond acceptors (Lipinski definition) is 3. The summed E-state index contributed by atoms with van der Waals surface area (Å²) in [5.41, 5.74) is 2.43. The van der Waals surface area contributed by atoms with Gasteiger partial charge in [-0.05, 0) is 44.7 Å². The molecule has 4 heteroatoms. The van der Waals surface area contributed by atoms with Crippen molar-refractivity contribution in [3.8, 4) is 0 Å². The molecular formula is C17H22ClN3. The maximum absolute atomic E-state index is 6.08. The molecule has 0 amide bonds. The van der Waals surface area contributed by atoms with Gasteiger partial charge < -0.3 is 5.32 Å². The van der Waals surface area contributed by atoms with Crippen molar-refractivity contribution in [1.82, 2.24) is 9.88 Å². The van der Waals surface area contributed by atoms with Crippen molar-refractivity contribution in [1.29, 1.82) is 0 Å². The molecule has 1 unspecified atom stereocenters. The highest BCUT2D eigenvalue weighted by molar-refractivity contribution is 6.30. The fourth-order valence-corrected chi connectivity index (χ4v) is 2.52. The maximum atomic E-state index is 6.08. The molecule has 1 aromatic carbocycles. The topological polar surface area (TPSA) is 28.2 Å². The Labute approximate surface area is 132 Å². The predicted octanol–water partition coefficient (Wildman–Crippen LogP) is 4.36. The van der Waals surface area contributed by atoms with Gasteiger partial charge in [0.25, 0.3) is 0 Å². The molecule has 1 N–H and O–H groups in total. The van der Waals surface area contributed by atoms with Crippen LogP contribution in [0.25, 0.3) is 0 Å². The van der Waals surface area contributed by atoms with Gasteiger partial charge in [0.05, 0.1) is 0 Å². The zero-order valence-corrected chi connectivity index (χ0v) is 13.6. The lowest BCUT2D eigenvalue weighted by Gasteiger charge is -2.26. The van der Waals surface area contributed by atoms with Crippen LogP contribution in [0, 0.1) is 0 Å². The van der Waals surface area contributed by atoms with Crippen molar-refractivity contribution < 1.29 is 0 Å². The number of nitrogens with one attached hydrogen (secondary N) is 1. The van der Waals surface area contributed by atoms with Gasteiger partial charge in [-0.2, -0.15) is 0 Å². The second kappa shape index (κ2) is 7.43. The van der Waals surface area contributed by atoms with E-state index in [1.807, 2.05) is 30.5 Å². The van der Waals surface area contributed by atoms with Crippen molar-refractivity contribution in [3.63, 3.8) is 0 Å². The van der Waals surface area contributed by atoms with E-state index < -0.39 is 0 Å². The van der Waals surface area contributed by atoms with Crippen LogP contribution in [-0.2, 0) is 6.54 Å². The van der Waals surface area contributed by atoms with Crippen LogP contribution >= 0.6 is 11.6 Å². The third-order valence-corrected chi connectivity index (χ3v) is 3.88. The summed E-state index contributed by atoms with van der Waals surface area (Å²) in [6.07, 6.45) is 1.82. The van der Waals surface area contributed by atoms with E-state index in [1.165, 1.54) is 11.1 Å². The largest absolute Gasteiger partial charge is 0.370 e. The third-order valence-electron chi connectivity index (χ3n) is 3.65. The molecule has 0 bridgehead atoms. The minimum absolute atomic E-state index is 0.290. The van der Waals surface area contributed by atoms with E-state index in [0.717, 1.165) is 23.9 Å². The molecule has 0 radical (unpaired) electrons. The molecule has 0 fully saturated rings. The smallest absolute Gasteiger partial charge is 0.130 e. The van der Waals surface area contributed by atoms with Gasteiger partial charge in [-0.25, -0.2) is 4.98 Å². The molecule has 112 valence electrons. The molecule has 0 aliphatic carbocycles. The van der Waals surface area contributed by atoms with Crippen molar-refractivity contribution >= 4 is 17.4 Å². The van der Waals surface area contributed by atoms with Gasteiger partial charge in [0.1, 0.15) is 5.82 Å². The Morgan fingerprint density at radius 1 is 1.29 bits per heavy atom. The minimum Gasteiger partial charge on any atom is -0.370 e. The van der Waals surface area contributed by atoms with E-state index >= 15 is 0 Å². The Morgan fingerprint density at radius 2 is 2.10 bits per heavy atom. The number of aromatic nitrogens is 1. The SMILES string of the molecule is CCNc1ncccc1CN(C)C(C)c1cccc(Cl)c1. The average Bonchev–Trinajstić information content (AvgIpc) is 2.48. The Hall–Kier alpha value is -1.58. The zero-order chi connectivity index (χ0) is 15.2. The standard InChI is InChI=1S/C17H22ClN3/c1-4-19-17-15(8-6-10-20-17)12-21(3)13(2)14-7-5-9-16(18)11-14/h5-11,13H,4,12H2,1-3H3,(H,19,20). The minimum atomic E-state index is 0.290. The first-order valence-electron chi connectivity index (χ1n) is 7.25. The number of hydrogen-bond donors (Lipinski definition) is 1. The first-order valence-corrected chi connectivity index (χ1v) is 7.63. The quantitative estimate of drug-likeness (QED) is 0.859. The first-order chi connectivity index (χ1) is 10.1. The van der Waals surface area contributed by atoms with Crippen LogP contribution in [0.3, 0.4) is 0 Å². The van der Waals surface area contributed by atoms with E-state index in [1.54, 1.807) is 0 Å². The highest BCUT2D eigenvalue weighted by atomic mass is 35.5. The molecule has 2 aromatic rings. The lowest BCUT2D eigenvalue weighted by molar-refractivity contribution is 0.253. The number of anilines is 1. The van der Waals surface area contributed by atoms with Crippen LogP contribution in [0.5, 0.6) is 0 Å². The van der Waals surface area contributed by atoms with Gasteiger partial charge in [-0.15, -0.1) is 0 Å². The molecule has 0 aliphatic rings. The summed E-state index contributed by atoms with van der Waals surface area (Å²) >= 11 is 6.08. The van der Waals surface area contributed by atoms with E-state index in [9.17, 15) is 0 Å². The van der Waals surface area contributed by atoms with Gasteiger partial charge in [-0.3, -0.25) is 4.90 Å². The zero-order valence-electron chi connectivity index (χ0n) is 12.8. The molecule has 2 rings (SSSR count). The Kier molecular flexibility index (Phi) is 5.59. The van der Waals surface area contributed by atoms with Crippen LogP contribution < -0.4 is 5.32 Å². The molecule has 21 heavy (non-hydrogen) atoms. The summed E-state index contributed by atoms with van der Waals surface area (Å²) < 4.78 is 0. The predicted molar refractivity (Wildman–Crippen MR) is 89.7 cm³/mol. The Balaban J connectivity index is 2.12. The fraction of sp³-hybridized carbons (Fsp3) is 0.353. The van der Waals surface area contributed by atoms with Crippen LogP contribution in [0.15, 0.2) is 42.6 Å². The third kappa shape index (κ3) is 4.19. The van der Waals surface area contributed by atoms with Crippen molar-refractivity contribution in [2.75, 3.05) is 18.9 Å². The molecule has 0 aliphatic heterocycles. The maximum Gasteiger partial charge on any atom is 0.130 e. The molecule has 1 heterocycles. The number of pyridine rings is 1. The van der Waals surface area contributed by atoms with Crippen LogP contribution in [0.1, 0.15) is 31.0 Å². The van der Waals surface area contributed by atoms with Crippen LogP contribution in [-0.4, -0.2) is 23.5 Å². The summed E-state index contributed by atoms with van der Waals surface area (Å²) in [7, 11) is 2.12. The summed E-state index contributed by atoms with van der Waals surface area (Å²) in [6, 6.07) is 12.4. The average molecular weight is 304 g/mol. The van der Waals surface area contributed by atoms with Gasteiger partial charge in [0, 0.05) is 35.9 Å². The van der Waals surface area contributed by atoms with Gasteiger partial charge in [-0.1, -0.05) is 29.8 Å². The molecule has 1 aromatic heterocycles. The van der Waals surface area contributed by atoms with Crippen molar-refractivity contribution in [2.24, 2.45) is 0 Å². The Bertz CT molecular complexity index is 586. The van der Waals surface area contributed by atoms with Crippen molar-refractivity contribution in [2.45, 2.75) is 26.4 Å². The summed E-state index contributed by atoms with van der Waals surface area (Å²) in [6.45, 7) is 5.98. The van der Waals surface area contributed by atoms with Gasteiger partial charge in [0.15, 0.2) is 0 Å². The molecule has 0 saturated carbocycles. The number of nitrogens with zero attached hydrogens (tertiary/aromatic N) is 2. The number of rotatable bonds is 6. The van der Waals surface area contributed by atoms with Crippen LogP contribution in [0.4, 0.5) is 5.82 Å². The van der Waals surface area contributed by atoms with Crippen LogP contribution in [0.2, 0.25) is 5.02 Å². The van der Waals surface area contributed by atoms with E-state index in [0.29, 0.717) is 6.04 Å². The number of benzene rings is 1. The molecule has 0 saturated heterocycles. The number of halogens is 1. The lowest BCUT2D eigenvalue weighted by atomic mass is 10.1. The lowest BCUT2D eigenvalue weighted by Crippen LogP contribution is -2.22. The summed E-state index contributed by atoms with van der Waals surface area (Å²) in [4.78, 5) is 6.70. The van der Waals surface area contributed by atoms with E-state index in [2.05, 4.69) is 48.2 Å². The highest BCUT2D eigenvalue weighted by Gasteiger charge is 2.14. The molecule has 3 nitrogen and oxygen atoms in total. The van der Waals surface area contributed by atoms with Crippen molar-refractivity contribution in [3.05, 3.63) is 58.7 Å². The first kappa shape index (κ1) is 15.8. The normalized spacial score (nSPS) is 12.4. The van der Waals surface area contributed by atoms with Gasteiger partial charge >= 0.3 is 0 Å². The molecule has 0 spiro atoms. The fourth-order valence-electron chi connectivity index (χ4n) is 2.32. The molecular weight excluding hydrogens is 282 g/mol. The Morgan fingerprint density at radius 3 is 2.81 bits per heavy atom. The van der Waals surface area contributed by atoms with E-state index in [-0.39, 0.29) is 0 Å². The summed E-state index contributed by atoms with van der Waals surface area (Å²) in [5.74, 6) is 0.963. The summed E-state index contributed by atoms with van der Waals surface area (Å²) in [5, 5.41) is 4.09. The second-order valence-electron chi connectivity index (χ2n) is 5.19. The molecule has 1 atom stereocenters. The van der Waals surface area contributed by atoms with Gasteiger partial charge in [0.2, 0.25) is 0 Å². The van der Waals surface area contributed by atoms with E-state index in [4.69, 9.17) is 11.6 Å². The highest BCUT2D eigenvalue weighted by Crippen LogP contribution is 2.24. The monoisotopic (exact) mass is 303 g/mol. The second-order valence-corrected chi connectivity index (χ2v) is 5.62.